The average Bonchev–Trinajstić information content (AvgIpc) is 2.29. The van der Waals surface area contributed by atoms with E-state index in [4.69, 9.17) is 11.6 Å². The maximum Gasteiger partial charge on any atom is 0.307 e. The number of rotatable bonds is 4. The molecule has 0 amide bonds. The van der Waals surface area contributed by atoms with Gasteiger partial charge in [0.1, 0.15) is 0 Å². The van der Waals surface area contributed by atoms with Gasteiger partial charge < -0.3 is 9.64 Å². The minimum Gasteiger partial charge on any atom is -0.469 e. The Hall–Kier alpha value is -1.22. The number of anilines is 1. The van der Waals surface area contributed by atoms with Gasteiger partial charge in [-0.05, 0) is 24.6 Å². The maximum absolute atomic E-state index is 11.0. The van der Waals surface area contributed by atoms with Gasteiger partial charge in [-0.15, -0.1) is 0 Å². The molecule has 0 saturated carbocycles. The summed E-state index contributed by atoms with van der Waals surface area (Å²) in [6.45, 7) is 2.58. The van der Waals surface area contributed by atoms with Crippen molar-refractivity contribution in [3.63, 3.8) is 0 Å². The highest BCUT2D eigenvalue weighted by atomic mass is 35.5. The molecule has 0 aliphatic rings. The van der Waals surface area contributed by atoms with Crippen LogP contribution in [0.5, 0.6) is 0 Å². The molecule has 88 valence electrons. The molecular formula is C12H16ClNO2. The first kappa shape index (κ1) is 12.8. The van der Waals surface area contributed by atoms with Crippen LogP contribution in [0.1, 0.15) is 12.0 Å². The standard InChI is InChI=1S/C12H16ClNO2/c1-9-10(13)5-4-6-11(9)14(2)8-7-12(15)16-3/h4-6H,7-8H2,1-3H3. The van der Waals surface area contributed by atoms with Crippen LogP contribution in [0.25, 0.3) is 0 Å². The van der Waals surface area contributed by atoms with Crippen LogP contribution in [-0.2, 0) is 9.53 Å². The summed E-state index contributed by atoms with van der Waals surface area (Å²) in [6.07, 6.45) is 0.374. The molecule has 1 aromatic rings. The van der Waals surface area contributed by atoms with Crippen LogP contribution in [0.4, 0.5) is 5.69 Å². The lowest BCUT2D eigenvalue weighted by Gasteiger charge is -2.21. The van der Waals surface area contributed by atoms with Gasteiger partial charge in [0.25, 0.3) is 0 Å². The highest BCUT2D eigenvalue weighted by molar-refractivity contribution is 6.31. The minimum absolute atomic E-state index is 0.202. The first-order valence-corrected chi connectivity index (χ1v) is 5.47. The summed E-state index contributed by atoms with van der Waals surface area (Å²) in [4.78, 5) is 13.0. The molecule has 0 unspecified atom stereocenters. The summed E-state index contributed by atoms with van der Waals surface area (Å²) >= 11 is 6.03. The molecule has 0 aliphatic heterocycles. The number of methoxy groups -OCH3 is 1. The molecule has 0 bridgehead atoms. The number of benzene rings is 1. The van der Waals surface area contributed by atoms with Crippen LogP contribution in [-0.4, -0.2) is 26.7 Å². The first-order valence-electron chi connectivity index (χ1n) is 5.09. The number of halogens is 1. The molecule has 1 rings (SSSR count). The molecule has 0 atom stereocenters. The number of esters is 1. The molecule has 0 N–H and O–H groups in total. The van der Waals surface area contributed by atoms with E-state index in [0.29, 0.717) is 13.0 Å². The molecule has 3 nitrogen and oxygen atoms in total. The number of nitrogens with zero attached hydrogens (tertiary/aromatic N) is 1. The van der Waals surface area contributed by atoms with Gasteiger partial charge in [0.05, 0.1) is 13.5 Å². The predicted molar refractivity (Wildman–Crippen MR) is 66.1 cm³/mol. The SMILES string of the molecule is COC(=O)CCN(C)c1cccc(Cl)c1C. The van der Waals surface area contributed by atoms with E-state index in [0.717, 1.165) is 16.3 Å². The zero-order valence-corrected chi connectivity index (χ0v) is 10.5. The van der Waals surface area contributed by atoms with E-state index in [2.05, 4.69) is 4.74 Å². The average molecular weight is 242 g/mol. The highest BCUT2D eigenvalue weighted by Gasteiger charge is 2.08. The quantitative estimate of drug-likeness (QED) is 0.759. The van der Waals surface area contributed by atoms with Crippen LogP contribution in [0, 0.1) is 6.92 Å². The molecule has 0 spiro atoms. The fourth-order valence-corrected chi connectivity index (χ4v) is 1.66. The molecule has 0 aliphatic carbocycles. The lowest BCUT2D eigenvalue weighted by molar-refractivity contribution is -0.140. The number of carbonyl (C=O) groups is 1. The topological polar surface area (TPSA) is 29.5 Å². The summed E-state index contributed by atoms with van der Waals surface area (Å²) in [5, 5.41) is 0.738. The molecule has 0 heterocycles. The lowest BCUT2D eigenvalue weighted by atomic mass is 10.2. The summed E-state index contributed by atoms with van der Waals surface area (Å²) in [5.41, 5.74) is 2.06. The third kappa shape index (κ3) is 3.14. The van der Waals surface area contributed by atoms with Gasteiger partial charge in [0.15, 0.2) is 0 Å². The van der Waals surface area contributed by atoms with Crippen molar-refractivity contribution < 1.29 is 9.53 Å². The Labute approximate surface area is 101 Å². The van der Waals surface area contributed by atoms with E-state index in [1.165, 1.54) is 7.11 Å². The number of hydrogen-bond acceptors (Lipinski definition) is 3. The van der Waals surface area contributed by atoms with Gasteiger partial charge in [-0.25, -0.2) is 0 Å². The van der Waals surface area contributed by atoms with Crippen molar-refractivity contribution in [3.8, 4) is 0 Å². The van der Waals surface area contributed by atoms with E-state index in [-0.39, 0.29) is 5.97 Å². The van der Waals surface area contributed by atoms with Crippen molar-refractivity contribution in [1.29, 1.82) is 0 Å². The zero-order valence-electron chi connectivity index (χ0n) is 9.79. The van der Waals surface area contributed by atoms with E-state index in [1.807, 2.05) is 37.1 Å². The van der Waals surface area contributed by atoms with Crippen molar-refractivity contribution in [2.75, 3.05) is 25.6 Å². The van der Waals surface area contributed by atoms with E-state index in [9.17, 15) is 4.79 Å². The monoisotopic (exact) mass is 241 g/mol. The first-order chi connectivity index (χ1) is 7.56. The molecular weight excluding hydrogens is 226 g/mol. The fraction of sp³-hybridized carbons (Fsp3) is 0.417. The van der Waals surface area contributed by atoms with Crippen LogP contribution in [0.15, 0.2) is 18.2 Å². The minimum atomic E-state index is -0.202. The largest absolute Gasteiger partial charge is 0.469 e. The lowest BCUT2D eigenvalue weighted by Crippen LogP contribution is -2.22. The Morgan fingerprint density at radius 2 is 2.19 bits per heavy atom. The molecule has 0 aromatic heterocycles. The molecule has 0 radical (unpaired) electrons. The third-order valence-corrected chi connectivity index (χ3v) is 2.94. The van der Waals surface area contributed by atoms with Crippen LogP contribution < -0.4 is 4.90 Å². The Morgan fingerprint density at radius 1 is 1.50 bits per heavy atom. The van der Waals surface area contributed by atoms with Gasteiger partial charge >= 0.3 is 5.97 Å². The fourth-order valence-electron chi connectivity index (χ4n) is 1.49. The van der Waals surface area contributed by atoms with Crippen LogP contribution >= 0.6 is 11.6 Å². The van der Waals surface area contributed by atoms with Crippen molar-refractivity contribution >= 4 is 23.3 Å². The second-order valence-electron chi connectivity index (χ2n) is 3.63. The zero-order chi connectivity index (χ0) is 12.1. The van der Waals surface area contributed by atoms with Crippen molar-refractivity contribution in [1.82, 2.24) is 0 Å². The van der Waals surface area contributed by atoms with Crippen LogP contribution in [0.3, 0.4) is 0 Å². The molecule has 1 aromatic carbocycles. The molecule has 0 fully saturated rings. The molecule has 16 heavy (non-hydrogen) atoms. The van der Waals surface area contributed by atoms with Gasteiger partial charge in [-0.1, -0.05) is 17.7 Å². The second kappa shape index (κ2) is 5.75. The van der Waals surface area contributed by atoms with Crippen molar-refractivity contribution in [2.45, 2.75) is 13.3 Å². The van der Waals surface area contributed by atoms with Gasteiger partial charge in [-0.2, -0.15) is 0 Å². The highest BCUT2D eigenvalue weighted by Crippen LogP contribution is 2.25. The van der Waals surface area contributed by atoms with E-state index < -0.39 is 0 Å². The normalized spacial score (nSPS) is 10.0. The van der Waals surface area contributed by atoms with E-state index >= 15 is 0 Å². The Balaban J connectivity index is 2.69. The third-order valence-electron chi connectivity index (χ3n) is 2.53. The number of ether oxygens (including phenoxy) is 1. The Morgan fingerprint density at radius 3 is 2.81 bits per heavy atom. The molecule has 0 saturated heterocycles. The van der Waals surface area contributed by atoms with Gasteiger partial charge in [0, 0.05) is 24.3 Å². The summed E-state index contributed by atoms with van der Waals surface area (Å²) in [7, 11) is 3.33. The van der Waals surface area contributed by atoms with E-state index in [1.54, 1.807) is 0 Å². The summed E-state index contributed by atoms with van der Waals surface area (Å²) in [5.74, 6) is -0.202. The summed E-state index contributed by atoms with van der Waals surface area (Å²) in [6, 6.07) is 5.74. The number of hydrogen-bond donors (Lipinski definition) is 0. The molecule has 4 heteroatoms. The number of carbonyl (C=O) groups excluding carboxylic acids is 1. The predicted octanol–water partition coefficient (Wildman–Crippen LogP) is 2.65. The van der Waals surface area contributed by atoms with Gasteiger partial charge in [-0.3, -0.25) is 4.79 Å². The Kier molecular flexibility index (Phi) is 4.62. The van der Waals surface area contributed by atoms with Crippen molar-refractivity contribution in [2.24, 2.45) is 0 Å². The van der Waals surface area contributed by atoms with Gasteiger partial charge in [0.2, 0.25) is 0 Å². The van der Waals surface area contributed by atoms with Crippen molar-refractivity contribution in [3.05, 3.63) is 28.8 Å². The second-order valence-corrected chi connectivity index (χ2v) is 4.04. The Bertz CT molecular complexity index is 379. The maximum atomic E-state index is 11.0. The van der Waals surface area contributed by atoms with Crippen LogP contribution in [0.2, 0.25) is 5.02 Å². The smallest absolute Gasteiger partial charge is 0.307 e. The summed E-state index contributed by atoms with van der Waals surface area (Å²) < 4.78 is 4.60.